The molecule has 0 radical (unpaired) electrons. The zero-order valence-electron chi connectivity index (χ0n) is 19.6. The number of nitrogens with zero attached hydrogens (tertiary/aromatic N) is 3. The first-order valence-corrected chi connectivity index (χ1v) is 11.0. The zero-order chi connectivity index (χ0) is 24.6. The van der Waals surface area contributed by atoms with Crippen LogP contribution < -0.4 is 20.3 Å². The van der Waals surface area contributed by atoms with Gasteiger partial charge in [0.2, 0.25) is 5.91 Å². The number of carbonyl (C=O) groups excluding carboxylic acids is 1. The van der Waals surface area contributed by atoms with E-state index in [0.717, 1.165) is 27.9 Å². The topological polar surface area (TPSA) is 87.4 Å². The molecule has 0 aliphatic heterocycles. The Hall–Kier alpha value is -3.78. The lowest BCUT2D eigenvalue weighted by molar-refractivity contribution is -0.116. The van der Waals surface area contributed by atoms with Gasteiger partial charge in [-0.25, -0.2) is 4.68 Å². The minimum Gasteiger partial charge on any atom is -0.497 e. The molecule has 0 unspecified atom stereocenters. The Kier molecular flexibility index (Phi) is 6.34. The first-order valence-electron chi connectivity index (χ1n) is 10.6. The molecule has 8 nitrogen and oxygen atoms in total. The molecule has 0 bridgehead atoms. The van der Waals surface area contributed by atoms with Crippen molar-refractivity contribution >= 4 is 34.2 Å². The normalized spacial score (nSPS) is 11.0. The molecule has 4 rings (SSSR count). The molecule has 0 spiro atoms. The van der Waals surface area contributed by atoms with E-state index in [9.17, 15) is 9.59 Å². The highest BCUT2D eigenvalue weighted by Gasteiger charge is 2.20. The third-order valence-corrected chi connectivity index (χ3v) is 6.11. The Balaban J connectivity index is 1.81. The maximum absolute atomic E-state index is 13.1. The monoisotopic (exact) mass is 480 g/mol. The van der Waals surface area contributed by atoms with Crippen LogP contribution in [0.15, 0.2) is 47.3 Å². The van der Waals surface area contributed by atoms with Crippen molar-refractivity contribution in [2.24, 2.45) is 0 Å². The van der Waals surface area contributed by atoms with Gasteiger partial charge in [0.15, 0.2) is 0 Å². The molecule has 9 heteroatoms. The van der Waals surface area contributed by atoms with E-state index in [1.54, 1.807) is 28.9 Å². The number of pyridine rings is 1. The molecule has 1 N–H and O–H groups in total. The number of aryl methyl sites for hydroxylation is 2. The van der Waals surface area contributed by atoms with Crippen LogP contribution in [0.4, 0.5) is 5.69 Å². The van der Waals surface area contributed by atoms with E-state index in [4.69, 9.17) is 26.2 Å². The molecule has 0 saturated heterocycles. The summed E-state index contributed by atoms with van der Waals surface area (Å²) in [7, 11) is 3.06. The lowest BCUT2D eigenvalue weighted by atomic mass is 10.1. The highest BCUT2D eigenvalue weighted by atomic mass is 35.5. The Morgan fingerprint density at radius 1 is 1.06 bits per heavy atom. The van der Waals surface area contributed by atoms with Gasteiger partial charge in [-0.05, 0) is 44.0 Å². The molecule has 4 aromatic rings. The molecule has 2 aromatic heterocycles. The van der Waals surface area contributed by atoms with Crippen molar-refractivity contribution in [2.75, 3.05) is 19.5 Å². The van der Waals surface area contributed by atoms with Crippen LogP contribution in [0.25, 0.3) is 16.7 Å². The quantitative estimate of drug-likeness (QED) is 0.441. The van der Waals surface area contributed by atoms with Crippen LogP contribution in [0.2, 0.25) is 5.02 Å². The van der Waals surface area contributed by atoms with Crippen molar-refractivity contribution in [1.82, 2.24) is 14.3 Å². The molecular formula is C25H25ClN4O4. The van der Waals surface area contributed by atoms with E-state index >= 15 is 0 Å². The molecule has 34 heavy (non-hydrogen) atoms. The van der Waals surface area contributed by atoms with Crippen molar-refractivity contribution in [3.8, 4) is 17.2 Å². The van der Waals surface area contributed by atoms with E-state index < -0.39 is 0 Å². The van der Waals surface area contributed by atoms with Crippen molar-refractivity contribution < 1.29 is 14.3 Å². The van der Waals surface area contributed by atoms with Gasteiger partial charge >= 0.3 is 0 Å². The maximum atomic E-state index is 13.1. The summed E-state index contributed by atoms with van der Waals surface area (Å²) in [5.74, 6) is 0.695. The molecular weight excluding hydrogens is 456 g/mol. The number of fused-ring (bicyclic) bond motifs is 1. The predicted molar refractivity (Wildman–Crippen MR) is 133 cm³/mol. The maximum Gasteiger partial charge on any atom is 0.252 e. The van der Waals surface area contributed by atoms with Gasteiger partial charge in [-0.2, -0.15) is 5.10 Å². The zero-order valence-corrected chi connectivity index (χ0v) is 20.4. The standard InChI is InChI=1S/C25H25ClN4O4/c1-14-9-23(32)29(13-22(31)27-17-10-18(33-4)12-19(11-17)34-5)25-24(14)16(3)28-30(25)21-8-6-7-20(26)15(21)2/h6-12H,13H2,1-5H3,(H,27,31). The number of aromatic nitrogens is 3. The van der Waals surface area contributed by atoms with E-state index in [1.807, 2.05) is 32.9 Å². The average molecular weight is 481 g/mol. The fourth-order valence-electron chi connectivity index (χ4n) is 4.04. The number of hydrogen-bond acceptors (Lipinski definition) is 5. The number of methoxy groups -OCH3 is 2. The Morgan fingerprint density at radius 3 is 2.38 bits per heavy atom. The van der Waals surface area contributed by atoms with Crippen molar-refractivity contribution in [3.63, 3.8) is 0 Å². The minimum absolute atomic E-state index is 0.208. The number of rotatable bonds is 6. The molecule has 0 aliphatic rings. The first-order chi connectivity index (χ1) is 16.2. The number of benzene rings is 2. The van der Waals surface area contributed by atoms with E-state index in [0.29, 0.717) is 27.9 Å². The number of ether oxygens (including phenoxy) is 2. The van der Waals surface area contributed by atoms with Crippen LogP contribution in [0, 0.1) is 20.8 Å². The third-order valence-electron chi connectivity index (χ3n) is 5.70. The molecule has 0 aliphatic carbocycles. The SMILES string of the molecule is COc1cc(NC(=O)Cn2c(=O)cc(C)c3c(C)nn(-c4cccc(Cl)c4C)c32)cc(OC)c1. The van der Waals surface area contributed by atoms with Crippen LogP contribution in [0.3, 0.4) is 0 Å². The molecule has 2 aromatic carbocycles. The van der Waals surface area contributed by atoms with Gasteiger partial charge in [-0.15, -0.1) is 0 Å². The second kappa shape index (κ2) is 9.23. The fourth-order valence-corrected chi connectivity index (χ4v) is 4.21. The lowest BCUT2D eigenvalue weighted by Gasteiger charge is -2.14. The van der Waals surface area contributed by atoms with Gasteiger partial charge in [0, 0.05) is 40.4 Å². The van der Waals surface area contributed by atoms with Gasteiger partial charge in [-0.1, -0.05) is 17.7 Å². The van der Waals surface area contributed by atoms with Gasteiger partial charge in [0.1, 0.15) is 23.7 Å². The number of hydrogen-bond donors (Lipinski definition) is 1. The Bertz CT molecular complexity index is 1450. The van der Waals surface area contributed by atoms with Crippen LogP contribution in [-0.4, -0.2) is 34.5 Å². The van der Waals surface area contributed by atoms with Gasteiger partial charge < -0.3 is 14.8 Å². The summed E-state index contributed by atoms with van der Waals surface area (Å²) in [4.78, 5) is 26.1. The largest absolute Gasteiger partial charge is 0.497 e. The third kappa shape index (κ3) is 4.24. The number of nitrogens with one attached hydrogen (secondary N) is 1. The second-order valence-electron chi connectivity index (χ2n) is 7.98. The van der Waals surface area contributed by atoms with Crippen LogP contribution >= 0.6 is 11.6 Å². The number of carbonyl (C=O) groups is 1. The van der Waals surface area contributed by atoms with Gasteiger partial charge in [0.05, 0.1) is 25.6 Å². The highest BCUT2D eigenvalue weighted by molar-refractivity contribution is 6.31. The van der Waals surface area contributed by atoms with Gasteiger partial charge in [0.25, 0.3) is 5.56 Å². The summed E-state index contributed by atoms with van der Waals surface area (Å²) in [6.07, 6.45) is 0. The fraction of sp³-hybridized carbons (Fsp3) is 0.240. The van der Waals surface area contributed by atoms with Crippen molar-refractivity contribution in [3.05, 3.63) is 74.7 Å². The number of anilines is 1. The molecule has 0 fully saturated rings. The highest BCUT2D eigenvalue weighted by Crippen LogP contribution is 2.29. The molecule has 0 saturated carbocycles. The lowest BCUT2D eigenvalue weighted by Crippen LogP contribution is -2.29. The predicted octanol–water partition coefficient (Wildman–Crippen LogP) is 4.42. The number of halogens is 1. The molecule has 0 atom stereocenters. The Labute approximate surface area is 201 Å². The van der Waals surface area contributed by atoms with Crippen LogP contribution in [0.5, 0.6) is 11.5 Å². The van der Waals surface area contributed by atoms with E-state index in [1.165, 1.54) is 24.9 Å². The van der Waals surface area contributed by atoms with E-state index in [-0.39, 0.29) is 18.0 Å². The number of amides is 1. The van der Waals surface area contributed by atoms with E-state index in [2.05, 4.69) is 5.32 Å². The molecule has 2 heterocycles. The summed E-state index contributed by atoms with van der Waals surface area (Å²) in [5.41, 5.74) is 3.82. The van der Waals surface area contributed by atoms with Gasteiger partial charge in [-0.3, -0.25) is 14.2 Å². The molecule has 1 amide bonds. The summed E-state index contributed by atoms with van der Waals surface area (Å²) >= 11 is 6.35. The van der Waals surface area contributed by atoms with Crippen LogP contribution in [-0.2, 0) is 11.3 Å². The summed E-state index contributed by atoms with van der Waals surface area (Å²) < 4.78 is 13.6. The molecule has 176 valence electrons. The van der Waals surface area contributed by atoms with Crippen molar-refractivity contribution in [1.29, 1.82) is 0 Å². The smallest absolute Gasteiger partial charge is 0.252 e. The first kappa shape index (κ1) is 23.4. The van der Waals surface area contributed by atoms with Crippen molar-refractivity contribution in [2.45, 2.75) is 27.3 Å². The Morgan fingerprint density at radius 2 is 1.74 bits per heavy atom. The average Bonchev–Trinajstić information content (AvgIpc) is 3.15. The summed E-state index contributed by atoms with van der Waals surface area (Å²) in [6, 6.07) is 12.1. The summed E-state index contributed by atoms with van der Waals surface area (Å²) in [6.45, 7) is 5.42. The summed E-state index contributed by atoms with van der Waals surface area (Å²) in [5, 5.41) is 8.92. The minimum atomic E-state index is -0.379. The second-order valence-corrected chi connectivity index (χ2v) is 8.39. The van der Waals surface area contributed by atoms with Crippen LogP contribution in [0.1, 0.15) is 16.8 Å².